The van der Waals surface area contributed by atoms with Crippen LogP contribution in [0.25, 0.3) is 0 Å². The lowest BCUT2D eigenvalue weighted by atomic mass is 9.65. The van der Waals surface area contributed by atoms with Gasteiger partial charge in [0.1, 0.15) is 18.1 Å². The largest absolute Gasteiger partial charge is 0.508 e. The van der Waals surface area contributed by atoms with Gasteiger partial charge in [0.15, 0.2) is 6.29 Å². The van der Waals surface area contributed by atoms with Gasteiger partial charge in [0.25, 0.3) is 18.2 Å². The molecule has 1 spiro atoms. The zero-order valence-electron chi connectivity index (χ0n) is 34.0. The predicted octanol–water partition coefficient (Wildman–Crippen LogP) is 6.01. The standard InChI is InChI=1S/C46H55F2N5O6/c1-49-43(57)40(4-3-21-54)50(2)45(59)39-24-35-27-51(26-34(35)22-36(39)29-55)25-30-11-14-46(15-12-30)16-19-52(20-17-46)44(58)32-7-5-31(6-8-32)42-38-10-9-37(56)23-33(38)13-18-53(42)28-41(47)48/h5-10,21-24,29-30,40-42,56H,3-4,11-20,25-28H2,1-2H3,(H,49,57)/t40?,42-/m1/s1. The van der Waals surface area contributed by atoms with E-state index >= 15 is 0 Å². The van der Waals surface area contributed by atoms with Gasteiger partial charge in [-0.2, -0.15) is 0 Å². The Kier molecular flexibility index (Phi) is 12.9. The van der Waals surface area contributed by atoms with Gasteiger partial charge >= 0.3 is 0 Å². The molecule has 0 bridgehead atoms. The minimum Gasteiger partial charge on any atom is -0.508 e. The van der Waals surface area contributed by atoms with E-state index < -0.39 is 18.4 Å². The van der Waals surface area contributed by atoms with E-state index in [4.69, 9.17) is 0 Å². The second-order valence-corrected chi connectivity index (χ2v) is 17.1. The first-order valence-corrected chi connectivity index (χ1v) is 20.9. The van der Waals surface area contributed by atoms with Crippen molar-refractivity contribution in [1.82, 2.24) is 24.9 Å². The number of phenols is 1. The maximum Gasteiger partial charge on any atom is 0.255 e. The number of fused-ring (bicyclic) bond motifs is 2. The fourth-order valence-corrected chi connectivity index (χ4v) is 10.1. The van der Waals surface area contributed by atoms with Crippen LogP contribution in [0.15, 0.2) is 54.6 Å². The molecule has 2 atom stereocenters. The number of aromatic hydroxyl groups is 1. The van der Waals surface area contributed by atoms with Gasteiger partial charge in [-0.3, -0.25) is 29.0 Å². The van der Waals surface area contributed by atoms with E-state index in [1.165, 1.54) is 19.0 Å². The number of aldehydes is 2. The van der Waals surface area contributed by atoms with Crippen molar-refractivity contribution >= 4 is 30.3 Å². The summed E-state index contributed by atoms with van der Waals surface area (Å²) in [5, 5.41) is 12.6. The van der Waals surface area contributed by atoms with Gasteiger partial charge < -0.3 is 25.0 Å². The SMILES string of the molecule is CNC(=O)C(CCC=O)N(C)C(=O)c1cc2c(cc1C=O)CN(CC1CCC3(CC1)CCN(C(=O)c1ccc([C@@H]4c5ccc(O)cc5CCN4CC(F)F)cc1)CC3)C2. The Bertz CT molecular complexity index is 2040. The summed E-state index contributed by atoms with van der Waals surface area (Å²) in [7, 11) is 3.01. The fraction of sp³-hybridized carbons (Fsp3) is 0.500. The summed E-state index contributed by atoms with van der Waals surface area (Å²) in [4.78, 5) is 70.5. The Balaban J connectivity index is 0.916. The summed E-state index contributed by atoms with van der Waals surface area (Å²) in [6, 6.07) is 14.9. The smallest absolute Gasteiger partial charge is 0.255 e. The third-order valence-corrected chi connectivity index (χ3v) is 13.5. The summed E-state index contributed by atoms with van der Waals surface area (Å²) in [5.74, 6) is -0.122. The third-order valence-electron chi connectivity index (χ3n) is 13.5. The van der Waals surface area contributed by atoms with Crippen LogP contribution in [-0.2, 0) is 29.1 Å². The van der Waals surface area contributed by atoms with E-state index in [1.54, 1.807) is 29.2 Å². The van der Waals surface area contributed by atoms with Crippen molar-refractivity contribution in [3.63, 3.8) is 0 Å². The number of amides is 3. The molecule has 2 N–H and O–H groups in total. The molecule has 1 unspecified atom stereocenters. The number of benzene rings is 3. The van der Waals surface area contributed by atoms with Crippen LogP contribution in [0, 0.1) is 11.3 Å². The third kappa shape index (κ3) is 9.11. The number of carbonyl (C=O) groups is 5. The van der Waals surface area contributed by atoms with Crippen molar-refractivity contribution in [2.45, 2.75) is 89.4 Å². The highest BCUT2D eigenvalue weighted by atomic mass is 19.3. The molecule has 4 aliphatic rings. The molecule has 11 nitrogen and oxygen atoms in total. The lowest BCUT2D eigenvalue weighted by Gasteiger charge is -2.46. The molecule has 13 heteroatoms. The number of likely N-dealkylation sites (N-methyl/N-ethyl adjacent to an activating group) is 2. The van der Waals surface area contributed by atoms with E-state index in [0.717, 1.165) is 79.2 Å². The van der Waals surface area contributed by atoms with Crippen molar-refractivity contribution in [3.8, 4) is 5.75 Å². The number of carbonyl (C=O) groups excluding carboxylic acids is 5. The molecule has 2 fully saturated rings. The number of rotatable bonds is 13. The molecule has 1 aliphatic carbocycles. The van der Waals surface area contributed by atoms with Crippen molar-refractivity contribution < 1.29 is 37.9 Å². The molecule has 3 aliphatic heterocycles. The van der Waals surface area contributed by atoms with Gasteiger partial charge in [-0.1, -0.05) is 18.2 Å². The van der Waals surface area contributed by atoms with Crippen molar-refractivity contribution in [1.29, 1.82) is 0 Å². The summed E-state index contributed by atoms with van der Waals surface area (Å²) < 4.78 is 27.1. The first-order valence-electron chi connectivity index (χ1n) is 20.9. The number of phenolic OH excluding ortho intramolecular Hbond substituents is 1. The van der Waals surface area contributed by atoms with Crippen LogP contribution in [0.5, 0.6) is 5.75 Å². The zero-order valence-corrected chi connectivity index (χ0v) is 34.0. The van der Waals surface area contributed by atoms with E-state index in [-0.39, 0.29) is 54.0 Å². The normalized spacial score (nSPS) is 19.9. The molecule has 3 heterocycles. The molecular formula is C46H55F2N5O6. The molecule has 3 aromatic rings. The monoisotopic (exact) mass is 811 g/mol. The Labute approximate surface area is 344 Å². The summed E-state index contributed by atoms with van der Waals surface area (Å²) in [6.07, 6.45) is 6.20. The molecule has 314 valence electrons. The van der Waals surface area contributed by atoms with Gasteiger partial charge in [-0.05, 0) is 127 Å². The van der Waals surface area contributed by atoms with Crippen LogP contribution in [0.3, 0.4) is 0 Å². The van der Waals surface area contributed by atoms with Crippen LogP contribution < -0.4 is 5.32 Å². The van der Waals surface area contributed by atoms with Crippen LogP contribution in [-0.4, -0.2) is 114 Å². The molecule has 0 aromatic heterocycles. The number of alkyl halides is 2. The predicted molar refractivity (Wildman–Crippen MR) is 218 cm³/mol. The molecule has 1 saturated heterocycles. The maximum absolute atomic E-state index is 13.7. The number of likely N-dealkylation sites (tertiary alicyclic amines) is 1. The summed E-state index contributed by atoms with van der Waals surface area (Å²) in [5.41, 5.74) is 6.10. The van der Waals surface area contributed by atoms with E-state index in [2.05, 4.69) is 10.2 Å². The van der Waals surface area contributed by atoms with Gasteiger partial charge in [0, 0.05) is 70.9 Å². The van der Waals surface area contributed by atoms with Crippen LogP contribution in [0.2, 0.25) is 0 Å². The highest BCUT2D eigenvalue weighted by molar-refractivity contribution is 6.03. The number of hydrogen-bond donors (Lipinski definition) is 2. The first-order chi connectivity index (χ1) is 28.4. The van der Waals surface area contributed by atoms with E-state index in [1.807, 2.05) is 35.2 Å². The van der Waals surface area contributed by atoms with Crippen LogP contribution >= 0.6 is 0 Å². The number of nitrogens with one attached hydrogen (secondary N) is 1. The van der Waals surface area contributed by atoms with Crippen LogP contribution in [0.4, 0.5) is 8.78 Å². The van der Waals surface area contributed by atoms with E-state index in [0.29, 0.717) is 62.5 Å². The maximum atomic E-state index is 13.7. The lowest BCUT2D eigenvalue weighted by Crippen LogP contribution is -2.47. The molecule has 3 amide bonds. The Morgan fingerprint density at radius 2 is 1.63 bits per heavy atom. The topological polar surface area (TPSA) is 131 Å². The van der Waals surface area contributed by atoms with Gasteiger partial charge in [-0.25, -0.2) is 8.78 Å². The quantitative estimate of drug-likeness (QED) is 0.201. The molecular weight excluding hydrogens is 757 g/mol. The highest BCUT2D eigenvalue weighted by Gasteiger charge is 2.40. The van der Waals surface area contributed by atoms with Crippen molar-refractivity contribution in [3.05, 3.63) is 99.1 Å². The van der Waals surface area contributed by atoms with Gasteiger partial charge in [-0.15, -0.1) is 0 Å². The number of halogens is 2. The van der Waals surface area contributed by atoms with Crippen LogP contribution in [0.1, 0.15) is 116 Å². The minimum atomic E-state index is -2.47. The number of nitrogens with zero attached hydrogens (tertiary/aromatic N) is 4. The second-order valence-electron chi connectivity index (χ2n) is 17.1. The summed E-state index contributed by atoms with van der Waals surface area (Å²) >= 11 is 0. The molecule has 7 rings (SSSR count). The highest BCUT2D eigenvalue weighted by Crippen LogP contribution is 2.47. The van der Waals surface area contributed by atoms with E-state index in [9.17, 15) is 37.9 Å². The lowest BCUT2D eigenvalue weighted by molar-refractivity contribution is -0.125. The molecule has 59 heavy (non-hydrogen) atoms. The average molecular weight is 812 g/mol. The molecule has 1 saturated carbocycles. The average Bonchev–Trinajstić information content (AvgIpc) is 3.64. The first kappa shape index (κ1) is 42.1. The Morgan fingerprint density at radius 1 is 0.932 bits per heavy atom. The number of piperidine rings is 1. The molecule has 0 radical (unpaired) electrons. The second kappa shape index (κ2) is 18.1. The fourth-order valence-electron chi connectivity index (χ4n) is 10.1. The van der Waals surface area contributed by atoms with Gasteiger partial charge in [0.2, 0.25) is 5.91 Å². The Morgan fingerprint density at radius 3 is 2.27 bits per heavy atom. The zero-order chi connectivity index (χ0) is 41.8. The summed E-state index contributed by atoms with van der Waals surface area (Å²) in [6.45, 7) is 3.80. The van der Waals surface area contributed by atoms with Gasteiger partial charge in [0.05, 0.1) is 18.2 Å². The van der Waals surface area contributed by atoms with Crippen molar-refractivity contribution in [2.75, 3.05) is 46.8 Å². The minimum absolute atomic E-state index is 0.00880. The molecule has 3 aromatic carbocycles. The Hall–Kier alpha value is -5.01. The number of hydrogen-bond acceptors (Lipinski definition) is 8. The van der Waals surface area contributed by atoms with Crippen molar-refractivity contribution in [2.24, 2.45) is 11.3 Å².